The Morgan fingerprint density at radius 3 is 2.32 bits per heavy atom. The van der Waals surface area contributed by atoms with Gasteiger partial charge in [0.15, 0.2) is 0 Å². The van der Waals surface area contributed by atoms with Gasteiger partial charge in [-0.3, -0.25) is 0 Å². The maximum atomic E-state index is 14.1. The van der Waals surface area contributed by atoms with E-state index in [1.165, 1.54) is 18.6 Å². The normalized spacial score (nSPS) is 23.4. The number of nitrogens with zero attached hydrogens (tertiary/aromatic N) is 1. The number of alkyl halides is 1. The lowest BCUT2D eigenvalue weighted by Gasteiger charge is -2.38. The number of halogens is 3. The van der Waals surface area contributed by atoms with Gasteiger partial charge in [-0.1, -0.05) is 19.8 Å². The summed E-state index contributed by atoms with van der Waals surface area (Å²) in [6.07, 6.45) is 4.45. The molecule has 0 spiro atoms. The average molecular weight is 288 g/mol. The largest absolute Gasteiger partial charge is 0.367 e. The molecule has 0 heterocycles. The van der Waals surface area contributed by atoms with E-state index in [0.29, 0.717) is 11.5 Å². The third kappa shape index (κ3) is 3.02. The summed E-state index contributed by atoms with van der Waals surface area (Å²) in [6, 6.07) is 2.87. The number of benzene rings is 1. The van der Waals surface area contributed by atoms with E-state index in [4.69, 9.17) is 11.6 Å². The first kappa shape index (κ1) is 14.6. The van der Waals surface area contributed by atoms with Crippen LogP contribution in [0.1, 0.15) is 38.2 Å². The summed E-state index contributed by atoms with van der Waals surface area (Å²) in [5, 5.41) is 0. The summed E-state index contributed by atoms with van der Waals surface area (Å²) in [7, 11) is 1.79. The molecular weight excluding hydrogens is 268 g/mol. The zero-order chi connectivity index (χ0) is 14.0. The van der Waals surface area contributed by atoms with Crippen LogP contribution >= 0.6 is 11.6 Å². The van der Waals surface area contributed by atoms with Crippen molar-refractivity contribution in [2.24, 2.45) is 5.92 Å². The van der Waals surface area contributed by atoms with Crippen molar-refractivity contribution in [1.29, 1.82) is 0 Å². The van der Waals surface area contributed by atoms with Gasteiger partial charge in [-0.05, 0) is 36.5 Å². The Labute approximate surface area is 118 Å². The van der Waals surface area contributed by atoms with Gasteiger partial charge in [0.25, 0.3) is 0 Å². The van der Waals surface area contributed by atoms with Gasteiger partial charge in [0, 0.05) is 19.0 Å². The first-order valence-corrected chi connectivity index (χ1v) is 7.34. The summed E-state index contributed by atoms with van der Waals surface area (Å²) in [5.74, 6) is -0.449. The number of anilines is 1. The molecule has 0 aliphatic heterocycles. The molecule has 2 unspecified atom stereocenters. The molecule has 0 N–H and O–H groups in total. The molecule has 1 nitrogen and oxygen atoms in total. The van der Waals surface area contributed by atoms with Gasteiger partial charge in [0.05, 0.1) is 0 Å². The molecule has 1 fully saturated rings. The predicted molar refractivity (Wildman–Crippen MR) is 75.7 cm³/mol. The Kier molecular flexibility index (Phi) is 4.67. The Balaban J connectivity index is 2.30. The van der Waals surface area contributed by atoms with E-state index in [1.807, 2.05) is 0 Å². The predicted octanol–water partition coefficient (Wildman–Crippen LogP) is 4.72. The van der Waals surface area contributed by atoms with Gasteiger partial charge in [0.2, 0.25) is 0 Å². The SMILES string of the molecule is CC1CCCCC1N(C)c1c(F)cc(CCl)cc1F. The van der Waals surface area contributed by atoms with Gasteiger partial charge < -0.3 is 4.90 Å². The molecule has 0 radical (unpaired) electrons. The lowest BCUT2D eigenvalue weighted by atomic mass is 9.85. The zero-order valence-electron chi connectivity index (χ0n) is 11.4. The van der Waals surface area contributed by atoms with Crippen molar-refractivity contribution in [3.05, 3.63) is 29.3 Å². The van der Waals surface area contributed by atoms with Crippen LogP contribution in [0.15, 0.2) is 12.1 Å². The quantitative estimate of drug-likeness (QED) is 0.727. The lowest BCUT2D eigenvalue weighted by Crippen LogP contribution is -2.40. The average Bonchev–Trinajstić information content (AvgIpc) is 2.38. The molecule has 2 rings (SSSR count). The second kappa shape index (κ2) is 6.08. The highest BCUT2D eigenvalue weighted by Crippen LogP contribution is 2.33. The van der Waals surface area contributed by atoms with Crippen molar-refractivity contribution >= 4 is 17.3 Å². The molecule has 1 aromatic carbocycles. The summed E-state index contributed by atoms with van der Waals surface area (Å²) in [4.78, 5) is 1.77. The lowest BCUT2D eigenvalue weighted by molar-refractivity contribution is 0.318. The number of rotatable bonds is 3. The van der Waals surface area contributed by atoms with Crippen molar-refractivity contribution in [3.8, 4) is 0 Å². The number of hydrogen-bond acceptors (Lipinski definition) is 1. The molecular formula is C15H20ClF2N. The van der Waals surface area contributed by atoms with E-state index < -0.39 is 11.6 Å². The van der Waals surface area contributed by atoms with Crippen LogP contribution in [0.25, 0.3) is 0 Å². The molecule has 1 saturated carbocycles. The highest BCUT2D eigenvalue weighted by molar-refractivity contribution is 6.17. The summed E-state index contributed by atoms with van der Waals surface area (Å²) < 4.78 is 28.2. The molecule has 0 amide bonds. The van der Waals surface area contributed by atoms with Crippen LogP contribution in [-0.2, 0) is 5.88 Å². The zero-order valence-corrected chi connectivity index (χ0v) is 12.2. The second-order valence-corrected chi connectivity index (χ2v) is 5.75. The third-order valence-electron chi connectivity index (χ3n) is 4.15. The fourth-order valence-corrected chi connectivity index (χ4v) is 3.22. The summed E-state index contributed by atoms with van der Waals surface area (Å²) >= 11 is 5.63. The Morgan fingerprint density at radius 1 is 1.21 bits per heavy atom. The van der Waals surface area contributed by atoms with Crippen LogP contribution in [0.2, 0.25) is 0 Å². The van der Waals surface area contributed by atoms with Gasteiger partial charge in [-0.2, -0.15) is 0 Å². The molecule has 4 heteroatoms. The van der Waals surface area contributed by atoms with E-state index in [0.717, 1.165) is 19.3 Å². The minimum absolute atomic E-state index is 0.0765. The Morgan fingerprint density at radius 2 is 1.79 bits per heavy atom. The maximum absolute atomic E-state index is 14.1. The van der Waals surface area contributed by atoms with Gasteiger partial charge in [-0.15, -0.1) is 11.6 Å². The minimum atomic E-state index is -0.518. The highest BCUT2D eigenvalue weighted by atomic mass is 35.5. The van der Waals surface area contributed by atoms with Crippen LogP contribution in [0, 0.1) is 17.6 Å². The fourth-order valence-electron chi connectivity index (χ4n) is 3.07. The van der Waals surface area contributed by atoms with Gasteiger partial charge >= 0.3 is 0 Å². The second-order valence-electron chi connectivity index (χ2n) is 5.48. The topological polar surface area (TPSA) is 3.24 Å². The Hall–Kier alpha value is -0.830. The molecule has 1 aliphatic carbocycles. The van der Waals surface area contributed by atoms with Crippen molar-refractivity contribution in [2.45, 2.75) is 44.5 Å². The van der Waals surface area contributed by atoms with Gasteiger partial charge in [0.1, 0.15) is 17.3 Å². The van der Waals surface area contributed by atoms with Gasteiger partial charge in [-0.25, -0.2) is 8.78 Å². The fraction of sp³-hybridized carbons (Fsp3) is 0.600. The van der Waals surface area contributed by atoms with E-state index in [2.05, 4.69) is 6.92 Å². The standard InChI is InChI=1S/C15H20ClF2N/c1-10-5-3-4-6-14(10)19(2)15-12(17)7-11(9-16)8-13(15)18/h7-8,10,14H,3-6,9H2,1-2H3. The molecule has 19 heavy (non-hydrogen) atoms. The maximum Gasteiger partial charge on any atom is 0.149 e. The molecule has 2 atom stereocenters. The first-order chi connectivity index (χ1) is 9.04. The highest BCUT2D eigenvalue weighted by Gasteiger charge is 2.28. The Bertz CT molecular complexity index is 427. The first-order valence-electron chi connectivity index (χ1n) is 6.81. The van der Waals surface area contributed by atoms with Crippen LogP contribution < -0.4 is 4.90 Å². The van der Waals surface area contributed by atoms with Crippen LogP contribution in [0.5, 0.6) is 0 Å². The summed E-state index contributed by atoms with van der Waals surface area (Å²) in [6.45, 7) is 2.16. The molecule has 0 bridgehead atoms. The smallest absolute Gasteiger partial charge is 0.149 e. The van der Waals surface area contributed by atoms with Crippen molar-refractivity contribution in [2.75, 3.05) is 11.9 Å². The van der Waals surface area contributed by atoms with E-state index in [9.17, 15) is 8.78 Å². The molecule has 106 valence electrons. The summed E-state index contributed by atoms with van der Waals surface area (Å²) in [5.41, 5.74) is 0.554. The van der Waals surface area contributed by atoms with Crippen LogP contribution in [0.3, 0.4) is 0 Å². The molecule has 0 saturated heterocycles. The van der Waals surface area contributed by atoms with Crippen LogP contribution in [0.4, 0.5) is 14.5 Å². The monoisotopic (exact) mass is 287 g/mol. The molecule has 1 aliphatic rings. The van der Waals surface area contributed by atoms with Crippen molar-refractivity contribution in [3.63, 3.8) is 0 Å². The van der Waals surface area contributed by atoms with E-state index in [1.54, 1.807) is 11.9 Å². The molecule has 0 aromatic heterocycles. The van der Waals surface area contributed by atoms with Crippen molar-refractivity contribution in [1.82, 2.24) is 0 Å². The molecule has 1 aromatic rings. The van der Waals surface area contributed by atoms with Crippen molar-refractivity contribution < 1.29 is 8.78 Å². The third-order valence-corrected chi connectivity index (χ3v) is 4.46. The van der Waals surface area contributed by atoms with Crippen LogP contribution in [-0.4, -0.2) is 13.1 Å². The van der Waals surface area contributed by atoms with E-state index in [-0.39, 0.29) is 17.6 Å². The van der Waals surface area contributed by atoms with E-state index >= 15 is 0 Å². The number of hydrogen-bond donors (Lipinski definition) is 0. The minimum Gasteiger partial charge on any atom is -0.367 e.